The topological polar surface area (TPSA) is 103 Å². The van der Waals surface area contributed by atoms with Gasteiger partial charge in [0.1, 0.15) is 26.4 Å². The van der Waals surface area contributed by atoms with Crippen LogP contribution in [0, 0.1) is 6.92 Å². The van der Waals surface area contributed by atoms with E-state index in [0.29, 0.717) is 54.1 Å². The lowest BCUT2D eigenvalue weighted by Crippen LogP contribution is -2.36. The van der Waals surface area contributed by atoms with Gasteiger partial charge < -0.3 is 24.3 Å². The number of rotatable bonds is 8. The van der Waals surface area contributed by atoms with Gasteiger partial charge >= 0.3 is 0 Å². The third-order valence-electron chi connectivity index (χ3n) is 5.96. The van der Waals surface area contributed by atoms with Crippen LogP contribution in [0.5, 0.6) is 23.0 Å². The van der Waals surface area contributed by atoms with E-state index in [-0.39, 0.29) is 4.91 Å². The van der Waals surface area contributed by atoms with Crippen LogP contribution in [0.15, 0.2) is 65.6 Å². The van der Waals surface area contributed by atoms with Gasteiger partial charge in [0.25, 0.3) is 11.1 Å². The highest BCUT2D eigenvalue weighted by Gasteiger charge is 2.36. The van der Waals surface area contributed by atoms with Gasteiger partial charge in [0.05, 0.1) is 12.0 Å². The van der Waals surface area contributed by atoms with Crippen LogP contribution in [-0.4, -0.2) is 48.8 Å². The molecule has 2 aliphatic rings. The minimum atomic E-state index is -0.541. The Labute approximate surface area is 229 Å². The summed E-state index contributed by atoms with van der Waals surface area (Å²) in [4.78, 5) is 39.2. The maximum absolute atomic E-state index is 13.0. The molecule has 0 aliphatic carbocycles. The fourth-order valence-electron chi connectivity index (χ4n) is 4.11. The van der Waals surface area contributed by atoms with Crippen molar-refractivity contribution in [2.24, 2.45) is 0 Å². The minimum Gasteiger partial charge on any atom is -0.493 e. The van der Waals surface area contributed by atoms with E-state index in [4.69, 9.17) is 18.9 Å². The van der Waals surface area contributed by atoms with Gasteiger partial charge in [-0.15, -0.1) is 0 Å². The molecule has 0 bridgehead atoms. The highest BCUT2D eigenvalue weighted by atomic mass is 32.2. The summed E-state index contributed by atoms with van der Waals surface area (Å²) in [5.74, 6) is 1.12. The number of benzene rings is 3. The number of nitrogens with zero attached hydrogens (tertiary/aromatic N) is 1. The lowest BCUT2D eigenvalue weighted by Gasteiger charge is -2.19. The average molecular weight is 547 g/mol. The zero-order valence-corrected chi connectivity index (χ0v) is 22.2. The van der Waals surface area contributed by atoms with Crippen molar-refractivity contribution in [2.45, 2.75) is 13.5 Å². The fraction of sp³-hybridized carbons (Fsp3) is 0.207. The molecule has 3 aromatic carbocycles. The molecule has 0 aromatic heterocycles. The van der Waals surface area contributed by atoms with Crippen molar-refractivity contribution in [2.75, 3.05) is 32.2 Å². The zero-order chi connectivity index (χ0) is 27.4. The van der Waals surface area contributed by atoms with Crippen molar-refractivity contribution in [3.63, 3.8) is 0 Å². The van der Waals surface area contributed by atoms with Gasteiger partial charge in [-0.3, -0.25) is 19.3 Å². The molecule has 2 heterocycles. The Hall–Kier alpha value is -4.44. The number of thioether (sulfide) groups is 1. The Bertz CT molecular complexity index is 1470. The first-order chi connectivity index (χ1) is 18.9. The number of hydrogen-bond acceptors (Lipinski definition) is 8. The summed E-state index contributed by atoms with van der Waals surface area (Å²) in [7, 11) is 1.53. The van der Waals surface area contributed by atoms with Crippen molar-refractivity contribution in [1.82, 2.24) is 4.90 Å². The van der Waals surface area contributed by atoms with Crippen molar-refractivity contribution < 1.29 is 33.3 Å². The van der Waals surface area contributed by atoms with Crippen molar-refractivity contribution in [1.29, 1.82) is 0 Å². The van der Waals surface area contributed by atoms with Crippen LogP contribution in [-0.2, 0) is 16.2 Å². The molecule has 200 valence electrons. The Morgan fingerprint density at radius 1 is 1.03 bits per heavy atom. The average Bonchev–Trinajstić information content (AvgIpc) is 3.19. The van der Waals surface area contributed by atoms with Crippen LogP contribution in [0.4, 0.5) is 10.5 Å². The Morgan fingerprint density at radius 2 is 1.85 bits per heavy atom. The van der Waals surface area contributed by atoms with Gasteiger partial charge in [0.15, 0.2) is 23.0 Å². The van der Waals surface area contributed by atoms with E-state index in [1.165, 1.54) is 7.11 Å². The summed E-state index contributed by atoms with van der Waals surface area (Å²) in [6, 6.07) is 18.3. The van der Waals surface area contributed by atoms with E-state index >= 15 is 0 Å². The van der Waals surface area contributed by atoms with E-state index in [0.717, 1.165) is 27.8 Å². The summed E-state index contributed by atoms with van der Waals surface area (Å²) in [6.45, 7) is 2.87. The Morgan fingerprint density at radius 3 is 2.64 bits per heavy atom. The number of fused-ring (bicyclic) bond motifs is 1. The molecule has 3 aromatic rings. The summed E-state index contributed by atoms with van der Waals surface area (Å²) in [5.41, 5.74) is 3.31. The molecule has 5 rings (SSSR count). The third kappa shape index (κ3) is 6.18. The van der Waals surface area contributed by atoms with E-state index in [2.05, 4.69) is 5.32 Å². The second kappa shape index (κ2) is 11.5. The van der Waals surface area contributed by atoms with Crippen LogP contribution in [0.2, 0.25) is 0 Å². The lowest BCUT2D eigenvalue weighted by atomic mass is 10.1. The Kier molecular flexibility index (Phi) is 7.74. The molecule has 39 heavy (non-hydrogen) atoms. The number of hydrogen-bond donors (Lipinski definition) is 1. The van der Waals surface area contributed by atoms with Crippen LogP contribution in [0.1, 0.15) is 16.7 Å². The maximum atomic E-state index is 13.0. The maximum Gasteiger partial charge on any atom is 0.294 e. The number of aryl methyl sites for hydroxylation is 1. The number of amides is 3. The molecule has 3 amide bonds. The molecule has 1 saturated heterocycles. The molecular formula is C29H26N2O7S. The number of carbonyl (C=O) groups excluding carboxylic acids is 3. The number of imide groups is 1. The molecule has 0 unspecified atom stereocenters. The highest BCUT2D eigenvalue weighted by molar-refractivity contribution is 8.18. The summed E-state index contributed by atoms with van der Waals surface area (Å²) < 4.78 is 22.4. The van der Waals surface area contributed by atoms with E-state index in [1.807, 2.05) is 31.2 Å². The molecule has 10 heteroatoms. The highest BCUT2D eigenvalue weighted by Crippen LogP contribution is 2.35. The molecule has 2 aliphatic heterocycles. The zero-order valence-electron chi connectivity index (χ0n) is 21.4. The second-order valence-corrected chi connectivity index (χ2v) is 9.86. The van der Waals surface area contributed by atoms with Gasteiger partial charge in [-0.05, 0) is 60.2 Å². The van der Waals surface area contributed by atoms with Gasteiger partial charge in [0, 0.05) is 11.8 Å². The molecule has 9 nitrogen and oxygen atoms in total. The SMILES string of the molecule is COc1cc(/C=C2\SC(=O)N(CC(=O)Nc3ccc4c(c3)OCCO4)C2=O)ccc1OCc1cccc(C)c1. The summed E-state index contributed by atoms with van der Waals surface area (Å²) in [6.07, 6.45) is 1.59. The molecule has 1 fully saturated rings. The minimum absolute atomic E-state index is 0.211. The number of carbonyl (C=O) groups is 3. The van der Waals surface area contributed by atoms with Gasteiger partial charge in [0.2, 0.25) is 5.91 Å². The Balaban J connectivity index is 1.23. The van der Waals surface area contributed by atoms with Gasteiger partial charge in [-0.1, -0.05) is 35.9 Å². The van der Waals surface area contributed by atoms with Crippen molar-refractivity contribution in [3.05, 3.63) is 82.3 Å². The van der Waals surface area contributed by atoms with E-state index in [1.54, 1.807) is 42.5 Å². The van der Waals surface area contributed by atoms with E-state index in [9.17, 15) is 14.4 Å². The first-order valence-electron chi connectivity index (χ1n) is 12.2. The molecule has 0 radical (unpaired) electrons. The second-order valence-electron chi connectivity index (χ2n) is 8.86. The standard InChI is InChI=1S/C29H26N2O7S/c1-18-4-3-5-20(12-18)17-38-22-8-6-19(13-24(22)35-2)14-26-28(33)31(29(34)39-26)16-27(32)30-21-7-9-23-25(15-21)37-11-10-36-23/h3-9,12-15H,10-11,16-17H2,1-2H3,(H,30,32)/b26-14-. The smallest absolute Gasteiger partial charge is 0.294 e. The first kappa shape index (κ1) is 26.2. The van der Waals surface area contributed by atoms with Crippen molar-refractivity contribution in [3.8, 4) is 23.0 Å². The predicted molar refractivity (Wildman–Crippen MR) is 147 cm³/mol. The first-order valence-corrected chi connectivity index (χ1v) is 13.0. The molecule has 0 spiro atoms. The molecular weight excluding hydrogens is 520 g/mol. The third-order valence-corrected chi connectivity index (χ3v) is 6.87. The number of nitrogens with one attached hydrogen (secondary N) is 1. The van der Waals surface area contributed by atoms with Gasteiger partial charge in [-0.25, -0.2) is 0 Å². The summed E-state index contributed by atoms with van der Waals surface area (Å²) in [5, 5.41) is 2.17. The molecule has 0 atom stereocenters. The summed E-state index contributed by atoms with van der Waals surface area (Å²) >= 11 is 0.780. The van der Waals surface area contributed by atoms with Crippen LogP contribution >= 0.6 is 11.8 Å². The largest absolute Gasteiger partial charge is 0.493 e. The normalized spacial score (nSPS) is 15.4. The lowest BCUT2D eigenvalue weighted by molar-refractivity contribution is -0.127. The number of methoxy groups -OCH3 is 1. The monoisotopic (exact) mass is 546 g/mol. The van der Waals surface area contributed by atoms with E-state index < -0.39 is 23.6 Å². The van der Waals surface area contributed by atoms with Gasteiger partial charge in [-0.2, -0.15) is 0 Å². The number of ether oxygens (including phenoxy) is 4. The molecule has 1 N–H and O–H groups in total. The van der Waals surface area contributed by atoms with Crippen molar-refractivity contribution >= 4 is 40.6 Å². The van der Waals surface area contributed by atoms with Crippen LogP contribution in [0.25, 0.3) is 6.08 Å². The predicted octanol–water partition coefficient (Wildman–Crippen LogP) is 5.03. The molecule has 0 saturated carbocycles. The fourth-order valence-corrected chi connectivity index (χ4v) is 4.95. The quantitative estimate of drug-likeness (QED) is 0.393. The number of anilines is 1. The van der Waals surface area contributed by atoms with Crippen LogP contribution < -0.4 is 24.3 Å². The van der Waals surface area contributed by atoms with Crippen LogP contribution in [0.3, 0.4) is 0 Å².